The summed E-state index contributed by atoms with van der Waals surface area (Å²) in [7, 11) is 10.7. The Bertz CT molecular complexity index is 619. The van der Waals surface area contributed by atoms with Gasteiger partial charge in [-0.1, -0.05) is 28.1 Å². The van der Waals surface area contributed by atoms with Crippen LogP contribution in [0.1, 0.15) is 23.1 Å². The molecule has 0 saturated heterocycles. The first kappa shape index (κ1) is 23.6. The highest BCUT2D eigenvalue weighted by molar-refractivity contribution is 9.10. The molecule has 0 unspecified atom stereocenters. The summed E-state index contributed by atoms with van der Waals surface area (Å²) in [5.74, 6) is -0.949. The van der Waals surface area contributed by atoms with Crippen LogP contribution in [0.25, 0.3) is 0 Å². The molecule has 152 valence electrons. The predicted octanol–water partition coefficient (Wildman–Crippen LogP) is 1.77. The van der Waals surface area contributed by atoms with Gasteiger partial charge in [-0.2, -0.15) is 0 Å². The summed E-state index contributed by atoms with van der Waals surface area (Å²) in [5, 5.41) is 3.11. The molecule has 27 heavy (non-hydrogen) atoms. The van der Waals surface area contributed by atoms with Crippen molar-refractivity contribution in [2.24, 2.45) is 0 Å². The van der Waals surface area contributed by atoms with Gasteiger partial charge in [0.2, 0.25) is 0 Å². The minimum absolute atomic E-state index is 0.0746. The van der Waals surface area contributed by atoms with E-state index in [1.807, 2.05) is 28.2 Å². The number of benzene rings is 1. The first-order chi connectivity index (χ1) is 12.7. The molecule has 0 fully saturated rings. The van der Waals surface area contributed by atoms with Crippen molar-refractivity contribution >= 4 is 27.9 Å². The summed E-state index contributed by atoms with van der Waals surface area (Å²) in [6.45, 7) is 2.01. The molecule has 1 atom stereocenters. The van der Waals surface area contributed by atoms with Gasteiger partial charge < -0.3 is 19.3 Å². The van der Waals surface area contributed by atoms with Crippen LogP contribution in [0.15, 0.2) is 16.6 Å². The molecule has 0 aliphatic rings. The highest BCUT2D eigenvalue weighted by atomic mass is 79.9. The molecule has 0 radical (unpaired) electrons. The minimum Gasteiger partial charge on any atom is -0.469 e. The standard InChI is InChI=1S/C19H30BrN3O4/c1-22(2)11-14-7-13(8-15(18(14)20)12-23(3)4)10-21-16(19(25)27-6)9-17(24)26-5/h7-8,16,21H,9-12H2,1-6H3/t16-/m0/s1. The first-order valence-corrected chi connectivity index (χ1v) is 9.44. The van der Waals surface area contributed by atoms with E-state index < -0.39 is 18.0 Å². The Morgan fingerprint density at radius 3 is 1.96 bits per heavy atom. The maximum atomic E-state index is 12.0. The van der Waals surface area contributed by atoms with E-state index in [4.69, 9.17) is 4.74 Å². The van der Waals surface area contributed by atoms with Gasteiger partial charge in [-0.25, -0.2) is 0 Å². The zero-order chi connectivity index (χ0) is 20.6. The Labute approximate surface area is 170 Å². The third kappa shape index (κ3) is 7.96. The van der Waals surface area contributed by atoms with Gasteiger partial charge in [0.1, 0.15) is 6.04 Å². The fraction of sp³-hybridized carbons (Fsp3) is 0.579. The quantitative estimate of drug-likeness (QED) is 0.552. The average molecular weight is 444 g/mol. The number of nitrogens with zero attached hydrogens (tertiary/aromatic N) is 2. The van der Waals surface area contributed by atoms with E-state index in [1.165, 1.54) is 25.3 Å². The molecule has 8 heteroatoms. The number of hydrogen-bond acceptors (Lipinski definition) is 7. The highest BCUT2D eigenvalue weighted by Gasteiger charge is 2.23. The lowest BCUT2D eigenvalue weighted by molar-refractivity contribution is -0.149. The van der Waals surface area contributed by atoms with E-state index in [1.54, 1.807) is 0 Å². The van der Waals surface area contributed by atoms with E-state index in [9.17, 15) is 9.59 Å². The maximum Gasteiger partial charge on any atom is 0.323 e. The number of esters is 2. The molecule has 0 amide bonds. The average Bonchev–Trinajstić information content (AvgIpc) is 2.60. The van der Waals surface area contributed by atoms with Gasteiger partial charge in [-0.3, -0.25) is 14.9 Å². The van der Waals surface area contributed by atoms with Crippen molar-refractivity contribution in [2.45, 2.75) is 32.1 Å². The van der Waals surface area contributed by atoms with Crippen LogP contribution in [0.4, 0.5) is 0 Å². The molecule has 0 saturated carbocycles. The van der Waals surface area contributed by atoms with Crippen LogP contribution >= 0.6 is 15.9 Å². The molecular weight excluding hydrogens is 414 g/mol. The van der Waals surface area contributed by atoms with Gasteiger partial charge >= 0.3 is 11.9 Å². The van der Waals surface area contributed by atoms with Crippen molar-refractivity contribution in [1.29, 1.82) is 0 Å². The smallest absolute Gasteiger partial charge is 0.323 e. The fourth-order valence-corrected chi connectivity index (χ4v) is 3.19. The second-order valence-electron chi connectivity index (χ2n) is 6.94. The van der Waals surface area contributed by atoms with Crippen molar-refractivity contribution in [3.63, 3.8) is 0 Å². The SMILES string of the molecule is COC(=O)C[C@H](NCc1cc(CN(C)C)c(Br)c(CN(C)C)c1)C(=O)OC. The number of carbonyl (C=O) groups is 2. The summed E-state index contributed by atoms with van der Waals surface area (Å²) in [6, 6.07) is 3.45. The minimum atomic E-state index is -0.749. The van der Waals surface area contributed by atoms with Crippen LogP contribution < -0.4 is 5.32 Å². The summed E-state index contributed by atoms with van der Waals surface area (Å²) in [4.78, 5) is 27.7. The number of methoxy groups -OCH3 is 2. The zero-order valence-electron chi connectivity index (χ0n) is 17.0. The molecule has 0 bridgehead atoms. The zero-order valence-corrected chi connectivity index (χ0v) is 18.6. The monoisotopic (exact) mass is 443 g/mol. The fourth-order valence-electron chi connectivity index (χ4n) is 2.71. The largest absolute Gasteiger partial charge is 0.469 e. The van der Waals surface area contributed by atoms with Gasteiger partial charge in [0.15, 0.2) is 0 Å². The Hall–Kier alpha value is -1.48. The Morgan fingerprint density at radius 2 is 1.56 bits per heavy atom. The third-order valence-corrected chi connectivity index (χ3v) is 4.91. The summed E-state index contributed by atoms with van der Waals surface area (Å²) >= 11 is 3.72. The molecule has 0 spiro atoms. The van der Waals surface area contributed by atoms with Gasteiger partial charge in [-0.15, -0.1) is 0 Å². The lowest BCUT2D eigenvalue weighted by atomic mass is 10.0. The summed E-state index contributed by atoms with van der Waals surface area (Å²) in [6.07, 6.45) is -0.0746. The number of carbonyl (C=O) groups excluding carboxylic acids is 2. The molecule has 1 aromatic rings. The van der Waals surface area contributed by atoms with E-state index in [2.05, 4.69) is 47.9 Å². The van der Waals surface area contributed by atoms with Crippen LogP contribution in [0, 0.1) is 0 Å². The highest BCUT2D eigenvalue weighted by Crippen LogP contribution is 2.26. The lowest BCUT2D eigenvalue weighted by Crippen LogP contribution is -2.39. The van der Waals surface area contributed by atoms with Gasteiger partial charge in [-0.05, 0) is 44.9 Å². The maximum absolute atomic E-state index is 12.0. The van der Waals surface area contributed by atoms with Crippen molar-refractivity contribution in [3.8, 4) is 0 Å². The number of rotatable bonds is 10. The number of ether oxygens (including phenoxy) is 2. The molecule has 7 nitrogen and oxygen atoms in total. The predicted molar refractivity (Wildman–Crippen MR) is 108 cm³/mol. The second-order valence-corrected chi connectivity index (χ2v) is 7.73. The number of hydrogen-bond donors (Lipinski definition) is 1. The van der Waals surface area contributed by atoms with Crippen LogP contribution in [-0.2, 0) is 38.7 Å². The number of nitrogens with one attached hydrogen (secondary N) is 1. The Kier molecular flexibility index (Phi) is 9.93. The Balaban J connectivity index is 3.05. The van der Waals surface area contributed by atoms with Crippen molar-refractivity contribution in [2.75, 3.05) is 42.4 Å². The van der Waals surface area contributed by atoms with Gasteiger partial charge in [0.05, 0.1) is 20.6 Å². The molecule has 1 aromatic carbocycles. The molecule has 0 heterocycles. The molecule has 0 aliphatic heterocycles. The van der Waals surface area contributed by atoms with E-state index in [-0.39, 0.29) is 6.42 Å². The van der Waals surface area contributed by atoms with Crippen molar-refractivity contribution < 1.29 is 19.1 Å². The van der Waals surface area contributed by atoms with Crippen molar-refractivity contribution in [1.82, 2.24) is 15.1 Å². The normalized spacial score (nSPS) is 12.3. The van der Waals surface area contributed by atoms with Gasteiger partial charge in [0.25, 0.3) is 0 Å². The molecule has 0 aliphatic carbocycles. The van der Waals surface area contributed by atoms with Crippen LogP contribution in [0.3, 0.4) is 0 Å². The topological polar surface area (TPSA) is 71.1 Å². The van der Waals surface area contributed by atoms with Crippen LogP contribution in [-0.4, -0.2) is 70.2 Å². The molecular formula is C19H30BrN3O4. The molecule has 0 aromatic heterocycles. The van der Waals surface area contributed by atoms with E-state index >= 15 is 0 Å². The van der Waals surface area contributed by atoms with E-state index in [0.29, 0.717) is 6.54 Å². The van der Waals surface area contributed by atoms with Crippen molar-refractivity contribution in [3.05, 3.63) is 33.3 Å². The van der Waals surface area contributed by atoms with Crippen LogP contribution in [0.2, 0.25) is 0 Å². The number of halogens is 1. The second kappa shape index (κ2) is 11.4. The first-order valence-electron chi connectivity index (χ1n) is 8.65. The molecule has 1 N–H and O–H groups in total. The van der Waals surface area contributed by atoms with Gasteiger partial charge in [0, 0.05) is 24.1 Å². The van der Waals surface area contributed by atoms with Crippen LogP contribution in [0.5, 0.6) is 0 Å². The summed E-state index contributed by atoms with van der Waals surface area (Å²) in [5.41, 5.74) is 3.36. The molecule has 1 rings (SSSR count). The Morgan fingerprint density at radius 1 is 1.04 bits per heavy atom. The third-order valence-electron chi connectivity index (χ3n) is 3.89. The summed E-state index contributed by atoms with van der Waals surface area (Å²) < 4.78 is 10.5. The van der Waals surface area contributed by atoms with E-state index in [0.717, 1.165) is 23.1 Å². The lowest BCUT2D eigenvalue weighted by Gasteiger charge is -2.20.